The lowest BCUT2D eigenvalue weighted by molar-refractivity contribution is 0.144. The Kier molecular flexibility index (Phi) is 4.58. The van der Waals surface area contributed by atoms with E-state index < -0.39 is 0 Å². The lowest BCUT2D eigenvalue weighted by Gasteiger charge is -2.36. The summed E-state index contributed by atoms with van der Waals surface area (Å²) in [5, 5.41) is 4.69. The summed E-state index contributed by atoms with van der Waals surface area (Å²) in [4.78, 5) is 2.50. The van der Waals surface area contributed by atoms with E-state index in [-0.39, 0.29) is 5.82 Å². The summed E-state index contributed by atoms with van der Waals surface area (Å²) in [5.41, 5.74) is 1.50. The van der Waals surface area contributed by atoms with Crippen molar-refractivity contribution in [3.05, 3.63) is 35.6 Å². The number of benzene rings is 1. The van der Waals surface area contributed by atoms with E-state index in [1.54, 1.807) is 0 Å². The average Bonchev–Trinajstić information content (AvgIpc) is 2.30. The molecular weight excluding hydrogens is 239 g/mol. The predicted octanol–water partition coefficient (Wildman–Crippen LogP) is 2.70. The molecule has 1 saturated heterocycles. The molecule has 2 rings (SSSR count). The minimum Gasteiger partial charge on any atom is -0.300 e. The molecule has 1 aromatic rings. The van der Waals surface area contributed by atoms with Crippen molar-refractivity contribution >= 4 is 0 Å². The van der Waals surface area contributed by atoms with E-state index in [0.29, 0.717) is 11.5 Å². The van der Waals surface area contributed by atoms with Gasteiger partial charge in [-0.1, -0.05) is 32.9 Å². The summed E-state index contributed by atoms with van der Waals surface area (Å²) in [6, 6.07) is 7.15. The van der Waals surface area contributed by atoms with E-state index in [9.17, 15) is 4.39 Å². The third-order valence-electron chi connectivity index (χ3n) is 3.36. The van der Waals surface area contributed by atoms with Gasteiger partial charge in [-0.2, -0.15) is 0 Å². The first kappa shape index (κ1) is 14.5. The summed E-state index contributed by atoms with van der Waals surface area (Å²) < 4.78 is 12.9. The highest BCUT2D eigenvalue weighted by Crippen LogP contribution is 2.17. The quantitative estimate of drug-likeness (QED) is 0.819. The second-order valence-corrected chi connectivity index (χ2v) is 6.69. The van der Waals surface area contributed by atoms with Crippen molar-refractivity contribution in [3.8, 4) is 0 Å². The zero-order valence-electron chi connectivity index (χ0n) is 12.2. The Morgan fingerprint density at radius 1 is 1.26 bits per heavy atom. The Balaban J connectivity index is 1.89. The molecule has 1 aliphatic rings. The van der Waals surface area contributed by atoms with Gasteiger partial charge in [0.05, 0.1) is 0 Å². The summed E-state index contributed by atoms with van der Waals surface area (Å²) in [7, 11) is 0. The van der Waals surface area contributed by atoms with Gasteiger partial charge in [-0.25, -0.2) is 9.71 Å². The number of hydrogen-bond acceptors (Lipinski definition) is 1. The highest BCUT2D eigenvalue weighted by atomic mass is 19.1. The third kappa shape index (κ3) is 4.92. The van der Waals surface area contributed by atoms with E-state index in [0.717, 1.165) is 32.6 Å². The number of rotatable bonds is 3. The van der Waals surface area contributed by atoms with Gasteiger partial charge in [-0.15, -0.1) is 0 Å². The van der Waals surface area contributed by atoms with Crippen LogP contribution in [0, 0.1) is 11.2 Å². The lowest BCUT2D eigenvalue weighted by atomic mass is 9.95. The van der Waals surface area contributed by atoms with Crippen molar-refractivity contribution in [1.82, 2.24) is 10.2 Å². The zero-order valence-corrected chi connectivity index (χ0v) is 12.2. The SMILES string of the molecule is CC(C)(C)CN1CC[N]C(Cc2ccc(F)cc2)C1. The van der Waals surface area contributed by atoms with Gasteiger partial charge < -0.3 is 0 Å². The van der Waals surface area contributed by atoms with Crippen molar-refractivity contribution in [3.63, 3.8) is 0 Å². The maximum absolute atomic E-state index is 12.9. The largest absolute Gasteiger partial charge is 0.300 e. The maximum Gasteiger partial charge on any atom is 0.123 e. The Labute approximate surface area is 116 Å². The zero-order chi connectivity index (χ0) is 13.9. The van der Waals surface area contributed by atoms with E-state index in [4.69, 9.17) is 5.32 Å². The number of halogens is 1. The summed E-state index contributed by atoms with van der Waals surface area (Å²) >= 11 is 0. The van der Waals surface area contributed by atoms with Gasteiger partial charge >= 0.3 is 0 Å². The van der Waals surface area contributed by atoms with Crippen LogP contribution in [-0.2, 0) is 6.42 Å². The topological polar surface area (TPSA) is 17.3 Å². The molecular formula is C16H24FN2. The highest BCUT2D eigenvalue weighted by molar-refractivity contribution is 5.17. The average molecular weight is 263 g/mol. The first-order valence-corrected chi connectivity index (χ1v) is 7.06. The lowest BCUT2D eigenvalue weighted by Crippen LogP contribution is -2.50. The molecule has 0 spiro atoms. The number of piperazine rings is 1. The molecule has 0 saturated carbocycles. The van der Waals surface area contributed by atoms with Crippen molar-refractivity contribution in [2.45, 2.75) is 33.2 Å². The Morgan fingerprint density at radius 3 is 2.58 bits per heavy atom. The summed E-state index contributed by atoms with van der Waals surface area (Å²) in [6.07, 6.45) is 0.918. The van der Waals surface area contributed by atoms with Crippen LogP contribution in [-0.4, -0.2) is 37.1 Å². The van der Waals surface area contributed by atoms with E-state index in [1.807, 2.05) is 12.1 Å². The first-order valence-electron chi connectivity index (χ1n) is 7.06. The minimum absolute atomic E-state index is 0.168. The van der Waals surface area contributed by atoms with Gasteiger partial charge in [-0.3, -0.25) is 4.90 Å². The van der Waals surface area contributed by atoms with Crippen molar-refractivity contribution in [1.29, 1.82) is 0 Å². The number of nitrogens with zero attached hydrogens (tertiary/aromatic N) is 2. The standard InChI is InChI=1S/C16H24FN2/c1-16(2,3)12-19-9-8-18-15(11-19)10-13-4-6-14(17)7-5-13/h4-7,15H,8-12H2,1-3H3. The smallest absolute Gasteiger partial charge is 0.123 e. The van der Waals surface area contributed by atoms with Gasteiger partial charge in [-0.05, 0) is 29.5 Å². The molecule has 1 aliphatic heterocycles. The van der Waals surface area contributed by atoms with Gasteiger partial charge in [0.25, 0.3) is 0 Å². The molecule has 1 fully saturated rings. The molecule has 0 N–H and O–H groups in total. The molecule has 105 valence electrons. The molecule has 1 atom stereocenters. The van der Waals surface area contributed by atoms with E-state index in [2.05, 4.69) is 25.7 Å². The molecule has 0 aromatic heterocycles. The van der Waals surface area contributed by atoms with E-state index in [1.165, 1.54) is 17.7 Å². The summed E-state index contributed by atoms with van der Waals surface area (Å²) in [5.74, 6) is -0.168. The first-order chi connectivity index (χ1) is 8.92. The van der Waals surface area contributed by atoms with Crippen molar-refractivity contribution < 1.29 is 4.39 Å². The molecule has 0 aliphatic carbocycles. The molecule has 19 heavy (non-hydrogen) atoms. The second kappa shape index (κ2) is 6.02. The molecule has 3 heteroatoms. The fourth-order valence-corrected chi connectivity index (χ4v) is 2.66. The molecule has 0 bridgehead atoms. The van der Waals surface area contributed by atoms with Crippen molar-refractivity contribution in [2.24, 2.45) is 5.41 Å². The fourth-order valence-electron chi connectivity index (χ4n) is 2.66. The van der Waals surface area contributed by atoms with Crippen LogP contribution in [0.5, 0.6) is 0 Å². The molecule has 1 heterocycles. The predicted molar refractivity (Wildman–Crippen MR) is 76.8 cm³/mol. The monoisotopic (exact) mass is 263 g/mol. The van der Waals surface area contributed by atoms with Crippen LogP contribution in [0.25, 0.3) is 0 Å². The van der Waals surface area contributed by atoms with Gasteiger partial charge in [0.2, 0.25) is 0 Å². The van der Waals surface area contributed by atoms with Crippen LogP contribution in [0.3, 0.4) is 0 Å². The fraction of sp³-hybridized carbons (Fsp3) is 0.625. The number of hydrogen-bond donors (Lipinski definition) is 0. The molecule has 1 unspecified atom stereocenters. The molecule has 1 aromatic carbocycles. The van der Waals surface area contributed by atoms with Gasteiger partial charge in [0.15, 0.2) is 0 Å². The van der Waals surface area contributed by atoms with Crippen LogP contribution < -0.4 is 5.32 Å². The van der Waals surface area contributed by atoms with Crippen molar-refractivity contribution in [2.75, 3.05) is 26.2 Å². The van der Waals surface area contributed by atoms with Crippen LogP contribution in [0.1, 0.15) is 26.3 Å². The molecule has 1 radical (unpaired) electrons. The normalized spacial score (nSPS) is 21.6. The van der Waals surface area contributed by atoms with Crippen LogP contribution in [0.4, 0.5) is 4.39 Å². The minimum atomic E-state index is -0.168. The van der Waals surface area contributed by atoms with Crippen LogP contribution in [0.2, 0.25) is 0 Å². The third-order valence-corrected chi connectivity index (χ3v) is 3.36. The van der Waals surface area contributed by atoms with Crippen LogP contribution in [0.15, 0.2) is 24.3 Å². The second-order valence-electron chi connectivity index (χ2n) is 6.69. The summed E-state index contributed by atoms with van der Waals surface area (Å²) in [6.45, 7) is 10.9. The Morgan fingerprint density at radius 2 is 1.95 bits per heavy atom. The van der Waals surface area contributed by atoms with Gasteiger partial charge in [0, 0.05) is 32.2 Å². The Bertz CT molecular complexity index is 394. The Hall–Kier alpha value is -0.930. The molecule has 2 nitrogen and oxygen atoms in total. The highest BCUT2D eigenvalue weighted by Gasteiger charge is 2.24. The van der Waals surface area contributed by atoms with Crippen LogP contribution >= 0.6 is 0 Å². The molecule has 0 amide bonds. The van der Waals surface area contributed by atoms with E-state index >= 15 is 0 Å². The van der Waals surface area contributed by atoms with Gasteiger partial charge in [0.1, 0.15) is 5.82 Å². The maximum atomic E-state index is 12.9.